The van der Waals surface area contributed by atoms with Crippen molar-refractivity contribution in [3.8, 4) is 0 Å². The largest absolute Gasteiger partial charge is 4.00 e. The molecule has 27 heavy (non-hydrogen) atoms. The van der Waals surface area contributed by atoms with Crippen LogP contribution in [0.5, 0.6) is 0 Å². The van der Waals surface area contributed by atoms with Crippen LogP contribution in [-0.4, -0.2) is 0 Å². The molecule has 0 nitrogen and oxygen atoms in total. The first kappa shape index (κ1) is 23.5. The van der Waals surface area contributed by atoms with Crippen LogP contribution >= 0.6 is 0 Å². The minimum absolute atomic E-state index is 0. The summed E-state index contributed by atoms with van der Waals surface area (Å²) in [6.45, 7) is 0. The third-order valence-electron chi connectivity index (χ3n) is 4.33. The molecule has 0 saturated carbocycles. The van der Waals surface area contributed by atoms with Gasteiger partial charge in [0.05, 0.1) is 0 Å². The number of benzene rings is 3. The van der Waals surface area contributed by atoms with Gasteiger partial charge in [0.1, 0.15) is 0 Å². The van der Waals surface area contributed by atoms with Gasteiger partial charge in [-0.25, -0.2) is 6.08 Å². The minimum atomic E-state index is 0. The van der Waals surface area contributed by atoms with Crippen LogP contribution in [0.15, 0.2) is 97.1 Å². The van der Waals surface area contributed by atoms with Gasteiger partial charge in [-0.3, -0.25) is 6.08 Å². The molecule has 0 N–H and O–H groups in total. The Morgan fingerprint density at radius 1 is 0.667 bits per heavy atom. The summed E-state index contributed by atoms with van der Waals surface area (Å²) in [5.41, 5.74) is 2.59. The fraction of sp³-hybridized carbons (Fsp3) is 0.0417. The van der Waals surface area contributed by atoms with E-state index in [4.69, 9.17) is 0 Å². The Bertz CT molecular complexity index is 980. The van der Waals surface area contributed by atoms with Crippen molar-refractivity contribution in [1.29, 1.82) is 0 Å². The maximum absolute atomic E-state index is 3.15. The summed E-state index contributed by atoms with van der Waals surface area (Å²) in [6, 6.07) is 29.7. The molecule has 4 aromatic carbocycles. The van der Waals surface area contributed by atoms with Crippen LogP contribution in [0.25, 0.3) is 27.1 Å². The van der Waals surface area contributed by atoms with Crippen molar-refractivity contribution in [3.63, 3.8) is 0 Å². The fourth-order valence-electron chi connectivity index (χ4n) is 3.13. The monoisotopic (exact) mass is 466 g/mol. The zero-order valence-electron chi connectivity index (χ0n) is 14.7. The van der Waals surface area contributed by atoms with Crippen LogP contribution in [0.1, 0.15) is 12.0 Å². The van der Waals surface area contributed by atoms with Crippen molar-refractivity contribution in [2.24, 2.45) is 0 Å². The van der Waals surface area contributed by atoms with Crippen molar-refractivity contribution < 1.29 is 51.0 Å². The molecule has 0 unspecified atom stereocenters. The van der Waals surface area contributed by atoms with Crippen molar-refractivity contribution in [2.45, 2.75) is 6.42 Å². The van der Waals surface area contributed by atoms with E-state index in [1.54, 1.807) is 0 Å². The quantitative estimate of drug-likeness (QED) is 0.358. The maximum Gasteiger partial charge on any atom is 4.00 e. The Labute approximate surface area is 192 Å². The first-order valence-corrected chi connectivity index (χ1v) is 8.27. The van der Waals surface area contributed by atoms with E-state index in [2.05, 4.69) is 97.1 Å². The van der Waals surface area contributed by atoms with Gasteiger partial charge in [-0.05, 0) is 0 Å². The molecule has 132 valence electrons. The molecule has 1 aliphatic carbocycles. The zero-order valence-corrected chi connectivity index (χ0v) is 18.7. The standard InChI is InChI=1S/C13H9.C11H9.2ClH.Zr/c1-3-7-12-10(5-1)9-11-6-2-4-8-13(11)12;1-2-6-10(7-3-1)11-8-4-5-9-11;;;/h1-9H;1-3,6-9H,4H2;2*1H;/q2*-1;;;+4/p-2. The van der Waals surface area contributed by atoms with E-state index in [1.807, 2.05) is 6.07 Å². The molecule has 0 amide bonds. The molecule has 1 aliphatic rings. The Morgan fingerprint density at radius 2 is 1.19 bits per heavy atom. The summed E-state index contributed by atoms with van der Waals surface area (Å²) in [4.78, 5) is 0. The molecule has 0 atom stereocenters. The summed E-state index contributed by atoms with van der Waals surface area (Å²) >= 11 is 0. The number of hydrogen-bond donors (Lipinski definition) is 0. The van der Waals surface area contributed by atoms with E-state index < -0.39 is 0 Å². The number of allylic oxidation sites excluding steroid dienone is 4. The predicted molar refractivity (Wildman–Crippen MR) is 104 cm³/mol. The molecule has 3 heteroatoms. The smallest absolute Gasteiger partial charge is 1.00 e. The van der Waals surface area contributed by atoms with Crippen LogP contribution in [0.3, 0.4) is 0 Å². The summed E-state index contributed by atoms with van der Waals surface area (Å²) in [6.07, 6.45) is 8.36. The normalized spacial score (nSPS) is 11.5. The molecule has 0 bridgehead atoms. The summed E-state index contributed by atoms with van der Waals surface area (Å²) < 4.78 is 0. The molecule has 0 aliphatic heterocycles. The molecule has 5 rings (SSSR count). The van der Waals surface area contributed by atoms with Gasteiger partial charge < -0.3 is 24.8 Å². The predicted octanol–water partition coefficient (Wildman–Crippen LogP) is 0.550. The van der Waals surface area contributed by atoms with Crippen molar-refractivity contribution in [1.82, 2.24) is 0 Å². The Hall–Kier alpha value is -1.53. The van der Waals surface area contributed by atoms with Crippen molar-refractivity contribution in [2.75, 3.05) is 0 Å². The molecule has 4 aromatic rings. The Balaban J connectivity index is 0.000000246. The van der Waals surface area contributed by atoms with E-state index in [-0.39, 0.29) is 51.0 Å². The van der Waals surface area contributed by atoms with Gasteiger partial charge in [-0.2, -0.15) is 11.6 Å². The van der Waals surface area contributed by atoms with Gasteiger partial charge in [0, 0.05) is 0 Å². The first-order valence-electron chi connectivity index (χ1n) is 8.27. The van der Waals surface area contributed by atoms with Crippen LogP contribution in [-0.2, 0) is 26.2 Å². The van der Waals surface area contributed by atoms with Gasteiger partial charge in [-0.1, -0.05) is 66.7 Å². The first-order chi connectivity index (χ1) is 11.9. The second kappa shape index (κ2) is 11.3. The third-order valence-corrected chi connectivity index (χ3v) is 4.33. The van der Waals surface area contributed by atoms with Crippen molar-refractivity contribution >= 4 is 27.1 Å². The molecule has 0 spiro atoms. The number of rotatable bonds is 1. The molecule has 0 aromatic heterocycles. The van der Waals surface area contributed by atoms with Crippen LogP contribution in [0.2, 0.25) is 0 Å². The summed E-state index contributed by atoms with van der Waals surface area (Å²) in [7, 11) is 0. The summed E-state index contributed by atoms with van der Waals surface area (Å²) in [5, 5.41) is 5.39. The van der Waals surface area contributed by atoms with Crippen LogP contribution < -0.4 is 24.8 Å². The average Bonchev–Trinajstić information content (AvgIpc) is 3.31. The molecule has 0 saturated heterocycles. The molecule has 0 radical (unpaired) electrons. The number of fused-ring (bicyclic) bond motifs is 3. The van der Waals surface area contributed by atoms with E-state index in [1.165, 1.54) is 32.7 Å². The van der Waals surface area contributed by atoms with Gasteiger partial charge in [0.25, 0.3) is 0 Å². The van der Waals surface area contributed by atoms with Gasteiger partial charge in [-0.15, -0.1) is 51.7 Å². The maximum atomic E-state index is 3.15. The number of hydrogen-bond acceptors (Lipinski definition) is 0. The summed E-state index contributed by atoms with van der Waals surface area (Å²) in [5.74, 6) is 0. The second-order valence-corrected chi connectivity index (χ2v) is 5.90. The average molecular weight is 469 g/mol. The SMILES string of the molecule is [C-]1=CC(c2ccccc2)=CC1.[Cl-].[Cl-].[Zr+4].c1ccc2c(c1)[cH-]c1ccccc12. The zero-order chi connectivity index (χ0) is 16.2. The van der Waals surface area contributed by atoms with Gasteiger partial charge in [0.15, 0.2) is 0 Å². The Kier molecular flexibility index (Phi) is 9.88. The molecular formula is C24H18Cl2Zr. The Morgan fingerprint density at radius 3 is 1.70 bits per heavy atom. The van der Waals surface area contributed by atoms with E-state index in [0.717, 1.165) is 6.42 Å². The van der Waals surface area contributed by atoms with Crippen molar-refractivity contribution in [3.05, 3.63) is 109 Å². The fourth-order valence-corrected chi connectivity index (χ4v) is 3.13. The molecule has 0 heterocycles. The molecule has 0 fully saturated rings. The van der Waals surface area contributed by atoms with Gasteiger partial charge in [0.2, 0.25) is 0 Å². The number of halogens is 2. The second-order valence-electron chi connectivity index (χ2n) is 5.90. The van der Waals surface area contributed by atoms with Crippen LogP contribution in [0.4, 0.5) is 0 Å². The topological polar surface area (TPSA) is 0 Å². The van der Waals surface area contributed by atoms with E-state index in [9.17, 15) is 0 Å². The van der Waals surface area contributed by atoms with E-state index >= 15 is 0 Å². The molecular weight excluding hydrogens is 450 g/mol. The minimum Gasteiger partial charge on any atom is -1.00 e. The van der Waals surface area contributed by atoms with E-state index in [0.29, 0.717) is 0 Å². The van der Waals surface area contributed by atoms with Crippen LogP contribution in [0, 0.1) is 6.08 Å². The third kappa shape index (κ3) is 5.48. The van der Waals surface area contributed by atoms with Gasteiger partial charge >= 0.3 is 26.2 Å².